The molecule has 0 unspecified atom stereocenters. The van der Waals surface area contributed by atoms with Crippen molar-refractivity contribution >= 4 is 17.7 Å². The van der Waals surface area contributed by atoms with E-state index in [1.54, 1.807) is 4.90 Å². The third-order valence-corrected chi connectivity index (χ3v) is 2.31. The summed E-state index contributed by atoms with van der Waals surface area (Å²) in [7, 11) is 0. The van der Waals surface area contributed by atoms with Crippen LogP contribution in [0.1, 0.15) is 31.3 Å². The van der Waals surface area contributed by atoms with Gasteiger partial charge in [-0.05, 0) is 26.0 Å². The van der Waals surface area contributed by atoms with Gasteiger partial charge in [-0.15, -0.1) is 5.10 Å². The molecule has 2 aromatic heterocycles. The Hall–Kier alpha value is -2.58. The number of rotatable bonds is 3. The van der Waals surface area contributed by atoms with Crippen LogP contribution in [-0.2, 0) is 0 Å². The number of aromatic nitrogens is 6. The van der Waals surface area contributed by atoms with Gasteiger partial charge in [0.05, 0.1) is 12.4 Å². The van der Waals surface area contributed by atoms with Crippen LogP contribution in [0.2, 0.25) is 0 Å². The largest absolute Gasteiger partial charge is 0.364 e. The zero-order chi connectivity index (χ0) is 14.0. The maximum absolute atomic E-state index is 11.2. The SMILES string of the molecule is CC(C)(C)N(c1cncc(C(N)=O)n1)c1nn[nH]n1. The molecule has 0 fully saturated rings. The van der Waals surface area contributed by atoms with Gasteiger partial charge in [-0.2, -0.15) is 5.21 Å². The van der Waals surface area contributed by atoms with Crippen molar-refractivity contribution in [2.45, 2.75) is 26.3 Å². The molecule has 0 saturated heterocycles. The zero-order valence-corrected chi connectivity index (χ0v) is 10.8. The number of H-pyrrole nitrogens is 1. The van der Waals surface area contributed by atoms with Gasteiger partial charge in [0.2, 0.25) is 0 Å². The van der Waals surface area contributed by atoms with E-state index >= 15 is 0 Å². The molecule has 0 atom stereocenters. The predicted octanol–water partition coefficient (Wildman–Crippen LogP) is 0.0252. The van der Waals surface area contributed by atoms with E-state index in [9.17, 15) is 4.79 Å². The van der Waals surface area contributed by atoms with Crippen LogP contribution >= 0.6 is 0 Å². The molecule has 0 aliphatic rings. The highest BCUT2D eigenvalue weighted by Crippen LogP contribution is 2.27. The minimum Gasteiger partial charge on any atom is -0.364 e. The highest BCUT2D eigenvalue weighted by atomic mass is 16.1. The maximum Gasteiger partial charge on any atom is 0.271 e. The van der Waals surface area contributed by atoms with Crippen molar-refractivity contribution in [2.24, 2.45) is 5.73 Å². The number of carbonyl (C=O) groups excluding carboxylic acids is 1. The third-order valence-electron chi connectivity index (χ3n) is 2.31. The average Bonchev–Trinajstić information content (AvgIpc) is 2.81. The van der Waals surface area contributed by atoms with Crippen LogP contribution in [0.3, 0.4) is 0 Å². The predicted molar refractivity (Wildman–Crippen MR) is 66.6 cm³/mol. The second-order valence-corrected chi connectivity index (χ2v) is 4.84. The van der Waals surface area contributed by atoms with E-state index in [-0.39, 0.29) is 11.2 Å². The van der Waals surface area contributed by atoms with Gasteiger partial charge in [0.25, 0.3) is 11.9 Å². The van der Waals surface area contributed by atoms with Crippen molar-refractivity contribution in [3.8, 4) is 0 Å². The van der Waals surface area contributed by atoms with Crippen LogP contribution < -0.4 is 10.6 Å². The lowest BCUT2D eigenvalue weighted by molar-refractivity contribution is 0.0995. The lowest BCUT2D eigenvalue weighted by Gasteiger charge is -2.33. The van der Waals surface area contributed by atoms with E-state index in [0.29, 0.717) is 11.8 Å². The first-order chi connectivity index (χ1) is 8.89. The number of hydrogen-bond acceptors (Lipinski definition) is 7. The Kier molecular flexibility index (Phi) is 3.11. The van der Waals surface area contributed by atoms with Gasteiger partial charge in [0.15, 0.2) is 5.82 Å². The summed E-state index contributed by atoms with van der Waals surface area (Å²) in [6.45, 7) is 5.84. The molecule has 0 radical (unpaired) electrons. The molecule has 1 amide bonds. The fourth-order valence-electron chi connectivity index (χ4n) is 1.58. The molecule has 2 heterocycles. The highest BCUT2D eigenvalue weighted by Gasteiger charge is 2.28. The Balaban J connectivity index is 2.51. The molecule has 2 rings (SSSR count). The molecule has 19 heavy (non-hydrogen) atoms. The molecule has 0 spiro atoms. The molecular formula is C10H14N8O. The van der Waals surface area contributed by atoms with Gasteiger partial charge in [0.1, 0.15) is 5.69 Å². The lowest BCUT2D eigenvalue weighted by atomic mass is 10.1. The minimum atomic E-state index is -0.642. The molecule has 2 aromatic rings. The summed E-state index contributed by atoms with van der Waals surface area (Å²) < 4.78 is 0. The molecule has 9 nitrogen and oxygen atoms in total. The summed E-state index contributed by atoms with van der Waals surface area (Å²) in [5, 5.41) is 13.8. The van der Waals surface area contributed by atoms with Gasteiger partial charge in [-0.3, -0.25) is 14.7 Å². The number of nitrogens with one attached hydrogen (secondary N) is 1. The van der Waals surface area contributed by atoms with Crippen molar-refractivity contribution in [1.29, 1.82) is 0 Å². The zero-order valence-electron chi connectivity index (χ0n) is 10.8. The fraction of sp³-hybridized carbons (Fsp3) is 0.400. The monoisotopic (exact) mass is 262 g/mol. The molecule has 0 aromatic carbocycles. The van der Waals surface area contributed by atoms with Gasteiger partial charge in [-0.1, -0.05) is 5.10 Å². The fourth-order valence-corrected chi connectivity index (χ4v) is 1.58. The second kappa shape index (κ2) is 4.59. The van der Waals surface area contributed by atoms with Crippen LogP contribution in [-0.4, -0.2) is 42.0 Å². The van der Waals surface area contributed by atoms with Gasteiger partial charge >= 0.3 is 0 Å². The summed E-state index contributed by atoms with van der Waals surface area (Å²) in [5.41, 5.74) is 4.90. The number of aromatic amines is 1. The number of tetrazole rings is 1. The maximum atomic E-state index is 11.2. The number of anilines is 2. The van der Waals surface area contributed by atoms with E-state index < -0.39 is 5.91 Å². The number of amides is 1. The smallest absolute Gasteiger partial charge is 0.271 e. The van der Waals surface area contributed by atoms with E-state index in [1.807, 2.05) is 20.8 Å². The van der Waals surface area contributed by atoms with Crippen LogP contribution in [0.5, 0.6) is 0 Å². The first-order valence-corrected chi connectivity index (χ1v) is 5.55. The highest BCUT2D eigenvalue weighted by molar-refractivity contribution is 5.90. The summed E-state index contributed by atoms with van der Waals surface area (Å²) in [6.07, 6.45) is 2.82. The summed E-state index contributed by atoms with van der Waals surface area (Å²) >= 11 is 0. The van der Waals surface area contributed by atoms with Gasteiger partial charge < -0.3 is 5.73 Å². The Labute approximate surface area is 109 Å². The number of carbonyl (C=O) groups is 1. The molecule has 3 N–H and O–H groups in total. The van der Waals surface area contributed by atoms with E-state index in [1.165, 1.54) is 12.4 Å². The van der Waals surface area contributed by atoms with Crippen LogP contribution in [0, 0.1) is 0 Å². The first kappa shape index (κ1) is 12.9. The van der Waals surface area contributed by atoms with Gasteiger partial charge in [-0.25, -0.2) is 4.98 Å². The molecular weight excluding hydrogens is 248 g/mol. The lowest BCUT2D eigenvalue weighted by Crippen LogP contribution is -2.39. The van der Waals surface area contributed by atoms with Crippen LogP contribution in [0.15, 0.2) is 12.4 Å². The van der Waals surface area contributed by atoms with Crippen LogP contribution in [0.25, 0.3) is 0 Å². The molecule has 0 bridgehead atoms. The molecule has 9 heteroatoms. The summed E-state index contributed by atoms with van der Waals surface area (Å²) in [5.74, 6) is 0.116. The van der Waals surface area contributed by atoms with E-state index in [0.717, 1.165) is 0 Å². The average molecular weight is 262 g/mol. The minimum absolute atomic E-state index is 0.0789. The number of nitrogens with two attached hydrogens (primary N) is 1. The topological polar surface area (TPSA) is 127 Å². The van der Waals surface area contributed by atoms with Gasteiger partial charge in [0, 0.05) is 5.54 Å². The molecule has 100 valence electrons. The number of primary amides is 1. The second-order valence-electron chi connectivity index (χ2n) is 4.84. The third kappa shape index (κ3) is 2.64. The van der Waals surface area contributed by atoms with Crippen molar-refractivity contribution in [2.75, 3.05) is 4.90 Å². The Morgan fingerprint density at radius 2 is 2.11 bits per heavy atom. The normalized spacial score (nSPS) is 11.3. The standard InChI is InChI=1S/C10H14N8O/c1-10(2,3)18(9-14-16-17-15-9)7-5-12-4-6(13-7)8(11)19/h4-5H,1-3H3,(H2,11,19)(H,14,15,16,17). The van der Waals surface area contributed by atoms with E-state index in [4.69, 9.17) is 5.73 Å². The quantitative estimate of drug-likeness (QED) is 0.798. The first-order valence-electron chi connectivity index (χ1n) is 5.55. The van der Waals surface area contributed by atoms with Crippen molar-refractivity contribution in [1.82, 2.24) is 30.6 Å². The van der Waals surface area contributed by atoms with E-state index in [2.05, 4.69) is 30.6 Å². The Morgan fingerprint density at radius 1 is 1.37 bits per heavy atom. The van der Waals surface area contributed by atoms with Crippen LogP contribution in [0.4, 0.5) is 11.8 Å². The summed E-state index contributed by atoms with van der Waals surface area (Å²) in [6, 6.07) is 0. The summed E-state index contributed by atoms with van der Waals surface area (Å²) in [4.78, 5) is 21.0. The van der Waals surface area contributed by atoms with Crippen molar-refractivity contribution in [3.63, 3.8) is 0 Å². The number of nitrogens with zero attached hydrogens (tertiary/aromatic N) is 6. The number of hydrogen-bond donors (Lipinski definition) is 2. The van der Waals surface area contributed by atoms with Crippen molar-refractivity contribution in [3.05, 3.63) is 18.1 Å². The molecule has 0 aliphatic carbocycles. The molecule has 0 saturated carbocycles. The Bertz CT molecular complexity index is 573. The van der Waals surface area contributed by atoms with Crippen molar-refractivity contribution < 1.29 is 4.79 Å². The molecule has 0 aliphatic heterocycles. The Morgan fingerprint density at radius 3 is 2.63 bits per heavy atom.